The molecule has 0 N–H and O–H groups in total. The van der Waals surface area contributed by atoms with Crippen molar-refractivity contribution < 1.29 is 0 Å². The molecule has 10 rings (SSSR count). The first-order valence-corrected chi connectivity index (χ1v) is 18.5. The zero-order valence-electron chi connectivity index (χ0n) is 29.7. The molecule has 0 aliphatic heterocycles. The lowest BCUT2D eigenvalue weighted by molar-refractivity contribution is 1.18. The number of nitrogens with zero attached hydrogens (tertiary/aromatic N) is 2. The second-order valence-electron chi connectivity index (χ2n) is 13.7. The van der Waals surface area contributed by atoms with Crippen molar-refractivity contribution in [2.24, 2.45) is 0 Å². The number of para-hydroxylation sites is 3. The third-order valence-electron chi connectivity index (χ3n) is 10.6. The molecule has 9 aromatic carbocycles. The molecule has 254 valence electrons. The van der Waals surface area contributed by atoms with Gasteiger partial charge in [-0.2, -0.15) is 0 Å². The van der Waals surface area contributed by atoms with E-state index in [1.54, 1.807) is 0 Å². The van der Waals surface area contributed by atoms with Crippen LogP contribution in [0.5, 0.6) is 0 Å². The molecular formula is C52H36N2. The van der Waals surface area contributed by atoms with E-state index in [0.717, 1.165) is 28.3 Å². The summed E-state index contributed by atoms with van der Waals surface area (Å²) in [5.41, 5.74) is 14.0. The number of aromatic nitrogens is 1. The van der Waals surface area contributed by atoms with Crippen LogP contribution in [-0.4, -0.2) is 4.57 Å². The molecule has 54 heavy (non-hydrogen) atoms. The molecule has 0 aliphatic carbocycles. The predicted molar refractivity (Wildman–Crippen MR) is 229 cm³/mol. The molecule has 0 bridgehead atoms. The Kier molecular flexibility index (Phi) is 7.85. The normalized spacial score (nSPS) is 11.3. The molecule has 0 fully saturated rings. The SMILES string of the molecule is c1ccc(-c2ccc(-n3c4ccccc4c4c(N(c5ccccc5)c5ccccc5-c5cccc6ccccc56)cccc43)cc2-c2ccccc2)cc1. The molecule has 10 aromatic rings. The highest BCUT2D eigenvalue weighted by Gasteiger charge is 2.23. The molecular weight excluding hydrogens is 653 g/mol. The first-order valence-electron chi connectivity index (χ1n) is 18.5. The second kappa shape index (κ2) is 13.4. The van der Waals surface area contributed by atoms with E-state index in [1.165, 1.54) is 60.4 Å². The lowest BCUT2D eigenvalue weighted by Gasteiger charge is -2.29. The molecule has 1 heterocycles. The summed E-state index contributed by atoms with van der Waals surface area (Å²) in [7, 11) is 0. The largest absolute Gasteiger partial charge is 0.309 e. The molecule has 0 spiro atoms. The number of anilines is 3. The Morgan fingerprint density at radius 3 is 1.69 bits per heavy atom. The molecule has 2 nitrogen and oxygen atoms in total. The first-order chi connectivity index (χ1) is 26.8. The Labute approximate surface area is 315 Å². The van der Waals surface area contributed by atoms with E-state index in [9.17, 15) is 0 Å². The third-order valence-corrected chi connectivity index (χ3v) is 10.6. The highest BCUT2D eigenvalue weighted by molar-refractivity contribution is 6.17. The van der Waals surface area contributed by atoms with E-state index in [-0.39, 0.29) is 0 Å². The smallest absolute Gasteiger partial charge is 0.0562 e. The lowest BCUT2D eigenvalue weighted by atomic mass is 9.94. The lowest BCUT2D eigenvalue weighted by Crippen LogP contribution is -2.11. The van der Waals surface area contributed by atoms with Crippen LogP contribution < -0.4 is 4.90 Å². The van der Waals surface area contributed by atoms with Gasteiger partial charge in [0.15, 0.2) is 0 Å². The van der Waals surface area contributed by atoms with Crippen molar-refractivity contribution in [3.63, 3.8) is 0 Å². The van der Waals surface area contributed by atoms with E-state index in [0.29, 0.717) is 0 Å². The van der Waals surface area contributed by atoms with Crippen LogP contribution in [0.15, 0.2) is 218 Å². The molecule has 0 amide bonds. The molecule has 0 saturated heterocycles. The molecule has 0 atom stereocenters. The summed E-state index contributed by atoms with van der Waals surface area (Å²) < 4.78 is 2.44. The van der Waals surface area contributed by atoms with Crippen molar-refractivity contribution in [3.8, 4) is 39.1 Å². The van der Waals surface area contributed by atoms with Gasteiger partial charge in [-0.3, -0.25) is 0 Å². The van der Waals surface area contributed by atoms with Crippen molar-refractivity contribution in [1.29, 1.82) is 0 Å². The van der Waals surface area contributed by atoms with Gasteiger partial charge in [0.05, 0.1) is 22.4 Å². The van der Waals surface area contributed by atoms with Gasteiger partial charge in [-0.05, 0) is 87.1 Å². The maximum atomic E-state index is 2.45. The standard InChI is InChI=1S/C52H36N2/c1-4-18-37(19-5-1)43-35-34-41(36-47(43)39-20-6-2-7-21-39)54-49-31-15-13-28-46(49)52-50(32-17-33-51(52)54)53(40-24-8-3-9-25-40)48-30-14-12-27-45(48)44-29-16-23-38-22-10-11-26-42(38)44/h1-36H. The second-order valence-corrected chi connectivity index (χ2v) is 13.7. The Morgan fingerprint density at radius 2 is 0.889 bits per heavy atom. The van der Waals surface area contributed by atoms with Gasteiger partial charge in [-0.1, -0.05) is 170 Å². The van der Waals surface area contributed by atoms with Crippen LogP contribution >= 0.6 is 0 Å². The molecule has 2 heteroatoms. The Balaban J connectivity index is 1.24. The maximum Gasteiger partial charge on any atom is 0.0562 e. The summed E-state index contributed by atoms with van der Waals surface area (Å²) in [4.78, 5) is 2.45. The van der Waals surface area contributed by atoms with Crippen molar-refractivity contribution in [1.82, 2.24) is 4.57 Å². The van der Waals surface area contributed by atoms with Crippen LogP contribution in [0.4, 0.5) is 17.1 Å². The minimum atomic E-state index is 1.10. The van der Waals surface area contributed by atoms with Gasteiger partial charge in [-0.15, -0.1) is 0 Å². The van der Waals surface area contributed by atoms with Crippen molar-refractivity contribution in [2.75, 3.05) is 4.90 Å². The molecule has 0 saturated carbocycles. The summed E-state index contributed by atoms with van der Waals surface area (Å²) in [5, 5.41) is 4.89. The van der Waals surface area contributed by atoms with Gasteiger partial charge in [0.25, 0.3) is 0 Å². The minimum absolute atomic E-state index is 1.10. The van der Waals surface area contributed by atoms with Crippen molar-refractivity contribution in [3.05, 3.63) is 218 Å². The third kappa shape index (κ3) is 5.36. The van der Waals surface area contributed by atoms with Gasteiger partial charge in [-0.25, -0.2) is 0 Å². The van der Waals surface area contributed by atoms with Gasteiger partial charge in [0, 0.05) is 27.7 Å². The zero-order valence-corrected chi connectivity index (χ0v) is 29.7. The average molecular weight is 689 g/mol. The summed E-state index contributed by atoms with van der Waals surface area (Å²) in [5.74, 6) is 0. The van der Waals surface area contributed by atoms with Crippen LogP contribution in [0, 0.1) is 0 Å². The summed E-state index contributed by atoms with van der Waals surface area (Å²) in [6.45, 7) is 0. The van der Waals surface area contributed by atoms with Gasteiger partial charge >= 0.3 is 0 Å². The minimum Gasteiger partial charge on any atom is -0.309 e. The Bertz CT molecular complexity index is 2920. The van der Waals surface area contributed by atoms with Gasteiger partial charge < -0.3 is 9.47 Å². The first kappa shape index (κ1) is 31.6. The zero-order chi connectivity index (χ0) is 35.8. The van der Waals surface area contributed by atoms with Crippen LogP contribution in [0.3, 0.4) is 0 Å². The van der Waals surface area contributed by atoms with Crippen LogP contribution in [0.2, 0.25) is 0 Å². The Morgan fingerprint density at radius 1 is 0.333 bits per heavy atom. The number of hydrogen-bond acceptors (Lipinski definition) is 1. The highest BCUT2D eigenvalue weighted by atomic mass is 15.1. The van der Waals surface area contributed by atoms with Crippen molar-refractivity contribution in [2.45, 2.75) is 0 Å². The quantitative estimate of drug-likeness (QED) is 0.162. The van der Waals surface area contributed by atoms with Gasteiger partial charge in [0.2, 0.25) is 0 Å². The molecule has 0 aliphatic rings. The number of rotatable bonds is 7. The van der Waals surface area contributed by atoms with E-state index < -0.39 is 0 Å². The van der Waals surface area contributed by atoms with Crippen LogP contribution in [0.25, 0.3) is 71.6 Å². The average Bonchev–Trinajstić information content (AvgIpc) is 3.60. The van der Waals surface area contributed by atoms with Gasteiger partial charge in [0.1, 0.15) is 0 Å². The summed E-state index contributed by atoms with van der Waals surface area (Å²) in [6, 6.07) is 78.9. The number of hydrogen-bond donors (Lipinski definition) is 0. The fraction of sp³-hybridized carbons (Fsp3) is 0. The monoisotopic (exact) mass is 688 g/mol. The van der Waals surface area contributed by atoms with Crippen molar-refractivity contribution >= 4 is 49.6 Å². The molecule has 1 aromatic heterocycles. The van der Waals surface area contributed by atoms with E-state index in [2.05, 4.69) is 228 Å². The highest BCUT2D eigenvalue weighted by Crippen LogP contribution is 2.47. The summed E-state index contributed by atoms with van der Waals surface area (Å²) in [6.07, 6.45) is 0. The summed E-state index contributed by atoms with van der Waals surface area (Å²) >= 11 is 0. The van der Waals surface area contributed by atoms with Crippen LogP contribution in [0.1, 0.15) is 0 Å². The maximum absolute atomic E-state index is 2.45. The molecule has 0 unspecified atom stereocenters. The fourth-order valence-corrected chi connectivity index (χ4v) is 8.20. The topological polar surface area (TPSA) is 8.17 Å². The van der Waals surface area contributed by atoms with E-state index in [1.807, 2.05) is 0 Å². The van der Waals surface area contributed by atoms with Crippen LogP contribution in [-0.2, 0) is 0 Å². The number of fused-ring (bicyclic) bond motifs is 4. The van der Waals surface area contributed by atoms with E-state index in [4.69, 9.17) is 0 Å². The fourth-order valence-electron chi connectivity index (χ4n) is 8.20. The molecule has 0 radical (unpaired) electrons. The Hall–Kier alpha value is -7.16. The predicted octanol–water partition coefficient (Wildman–Crippen LogP) is 14.4. The van der Waals surface area contributed by atoms with E-state index >= 15 is 0 Å². The number of benzene rings is 9.